The van der Waals surface area contributed by atoms with Crippen molar-refractivity contribution in [2.24, 2.45) is 0 Å². The first-order valence-corrected chi connectivity index (χ1v) is 9.10. The fourth-order valence-corrected chi connectivity index (χ4v) is 3.46. The number of anilines is 2. The first-order chi connectivity index (χ1) is 11.2. The standard InChI is InChI=1S/C18H19ClN2OS/c19-14-6-8-17(9-7-14)23-13-18(22)20-15-4-3-5-16(12-15)21-10-1-2-11-21/h3-9,12H,1-2,10-11,13H2,(H,20,22). The molecule has 1 amide bonds. The van der Waals surface area contributed by atoms with Gasteiger partial charge in [-0.3, -0.25) is 4.79 Å². The minimum atomic E-state index is 0.00326. The van der Waals surface area contributed by atoms with Gasteiger partial charge in [-0.2, -0.15) is 0 Å². The average molecular weight is 347 g/mol. The van der Waals surface area contributed by atoms with Gasteiger partial charge in [0.15, 0.2) is 0 Å². The highest BCUT2D eigenvalue weighted by atomic mass is 35.5. The van der Waals surface area contributed by atoms with Crippen molar-refractivity contribution in [2.45, 2.75) is 17.7 Å². The quantitative estimate of drug-likeness (QED) is 0.798. The monoisotopic (exact) mass is 346 g/mol. The van der Waals surface area contributed by atoms with Crippen molar-refractivity contribution in [3.05, 3.63) is 53.6 Å². The van der Waals surface area contributed by atoms with E-state index in [1.807, 2.05) is 36.4 Å². The molecule has 0 bridgehead atoms. The second kappa shape index (κ2) is 7.75. The molecule has 1 N–H and O–H groups in total. The zero-order valence-electron chi connectivity index (χ0n) is 12.8. The minimum Gasteiger partial charge on any atom is -0.371 e. The number of rotatable bonds is 5. The molecule has 120 valence electrons. The van der Waals surface area contributed by atoms with Gasteiger partial charge in [0, 0.05) is 34.4 Å². The van der Waals surface area contributed by atoms with E-state index in [9.17, 15) is 4.79 Å². The molecular formula is C18H19ClN2OS. The Labute approximate surface area is 146 Å². The smallest absolute Gasteiger partial charge is 0.234 e. The van der Waals surface area contributed by atoms with E-state index in [2.05, 4.69) is 22.3 Å². The average Bonchev–Trinajstić information content (AvgIpc) is 3.09. The normalized spacial score (nSPS) is 14.0. The van der Waals surface area contributed by atoms with E-state index >= 15 is 0 Å². The van der Waals surface area contributed by atoms with E-state index < -0.39 is 0 Å². The highest BCUT2D eigenvalue weighted by Gasteiger charge is 2.13. The van der Waals surface area contributed by atoms with Crippen LogP contribution in [0.5, 0.6) is 0 Å². The fraction of sp³-hybridized carbons (Fsp3) is 0.278. The maximum absolute atomic E-state index is 12.1. The van der Waals surface area contributed by atoms with Crippen LogP contribution in [-0.4, -0.2) is 24.7 Å². The summed E-state index contributed by atoms with van der Waals surface area (Å²) in [6, 6.07) is 15.6. The van der Waals surface area contributed by atoms with E-state index in [4.69, 9.17) is 11.6 Å². The van der Waals surface area contributed by atoms with Crippen molar-refractivity contribution in [3.8, 4) is 0 Å². The molecule has 0 aliphatic carbocycles. The molecule has 3 nitrogen and oxygen atoms in total. The van der Waals surface area contributed by atoms with Gasteiger partial charge in [-0.15, -0.1) is 11.8 Å². The van der Waals surface area contributed by atoms with E-state index in [-0.39, 0.29) is 5.91 Å². The summed E-state index contributed by atoms with van der Waals surface area (Å²) in [6.07, 6.45) is 2.49. The third kappa shape index (κ3) is 4.66. The van der Waals surface area contributed by atoms with Crippen LogP contribution in [0.25, 0.3) is 0 Å². The Morgan fingerprint density at radius 2 is 1.87 bits per heavy atom. The molecule has 0 aromatic heterocycles. The number of thioether (sulfide) groups is 1. The van der Waals surface area contributed by atoms with E-state index in [1.165, 1.54) is 30.3 Å². The van der Waals surface area contributed by atoms with Crippen LogP contribution in [0.4, 0.5) is 11.4 Å². The van der Waals surface area contributed by atoms with Crippen LogP contribution in [0, 0.1) is 0 Å². The SMILES string of the molecule is O=C(CSc1ccc(Cl)cc1)Nc1cccc(N2CCCC2)c1. The van der Waals surface area contributed by atoms with Gasteiger partial charge in [-0.1, -0.05) is 17.7 Å². The second-order valence-corrected chi connectivity index (χ2v) is 7.02. The molecule has 0 saturated carbocycles. The third-order valence-electron chi connectivity index (χ3n) is 3.78. The van der Waals surface area contributed by atoms with Gasteiger partial charge in [0.05, 0.1) is 5.75 Å². The predicted octanol–water partition coefficient (Wildman–Crippen LogP) is 4.67. The van der Waals surface area contributed by atoms with Crippen molar-refractivity contribution in [3.63, 3.8) is 0 Å². The Hall–Kier alpha value is -1.65. The summed E-state index contributed by atoms with van der Waals surface area (Å²) in [5.41, 5.74) is 2.04. The second-order valence-electron chi connectivity index (χ2n) is 5.54. The summed E-state index contributed by atoms with van der Waals surface area (Å²) in [6.45, 7) is 2.20. The van der Waals surface area contributed by atoms with Crippen molar-refractivity contribution >= 4 is 40.6 Å². The van der Waals surface area contributed by atoms with Crippen LogP contribution in [0.2, 0.25) is 5.02 Å². The minimum absolute atomic E-state index is 0.00326. The maximum Gasteiger partial charge on any atom is 0.234 e. The molecule has 3 rings (SSSR count). The summed E-state index contributed by atoms with van der Waals surface area (Å²) in [5.74, 6) is 0.388. The number of amides is 1. The number of carbonyl (C=O) groups excluding carboxylic acids is 1. The van der Waals surface area contributed by atoms with Gasteiger partial charge in [0.1, 0.15) is 0 Å². The van der Waals surface area contributed by atoms with Gasteiger partial charge in [-0.25, -0.2) is 0 Å². The van der Waals surface area contributed by atoms with Crippen LogP contribution in [0.15, 0.2) is 53.4 Å². The number of nitrogens with one attached hydrogen (secondary N) is 1. The van der Waals surface area contributed by atoms with Crippen molar-refractivity contribution in [1.82, 2.24) is 0 Å². The molecule has 2 aromatic carbocycles. The Balaban J connectivity index is 1.55. The van der Waals surface area contributed by atoms with Gasteiger partial charge in [0.2, 0.25) is 5.91 Å². The molecule has 23 heavy (non-hydrogen) atoms. The van der Waals surface area contributed by atoms with Crippen LogP contribution < -0.4 is 10.2 Å². The first kappa shape index (κ1) is 16.2. The lowest BCUT2D eigenvalue weighted by molar-refractivity contribution is -0.113. The molecule has 1 aliphatic heterocycles. The van der Waals surface area contributed by atoms with E-state index in [0.717, 1.165) is 23.7 Å². The Morgan fingerprint density at radius 1 is 1.13 bits per heavy atom. The number of benzene rings is 2. The molecule has 5 heteroatoms. The number of halogens is 1. The zero-order chi connectivity index (χ0) is 16.1. The number of hydrogen-bond donors (Lipinski definition) is 1. The largest absolute Gasteiger partial charge is 0.371 e. The Kier molecular flexibility index (Phi) is 5.47. The molecule has 1 heterocycles. The maximum atomic E-state index is 12.1. The van der Waals surface area contributed by atoms with Gasteiger partial charge >= 0.3 is 0 Å². The number of hydrogen-bond acceptors (Lipinski definition) is 3. The molecule has 0 unspecified atom stereocenters. The van der Waals surface area contributed by atoms with Crippen LogP contribution in [0.3, 0.4) is 0 Å². The molecule has 1 fully saturated rings. The predicted molar refractivity (Wildman–Crippen MR) is 98.7 cm³/mol. The van der Waals surface area contributed by atoms with Crippen molar-refractivity contribution in [1.29, 1.82) is 0 Å². The van der Waals surface area contributed by atoms with Crippen molar-refractivity contribution in [2.75, 3.05) is 29.1 Å². The van der Waals surface area contributed by atoms with Gasteiger partial charge in [-0.05, 0) is 55.3 Å². The third-order valence-corrected chi connectivity index (χ3v) is 5.05. The molecule has 2 aromatic rings. The fourth-order valence-electron chi connectivity index (χ4n) is 2.63. The van der Waals surface area contributed by atoms with E-state index in [1.54, 1.807) is 0 Å². The molecule has 0 atom stereocenters. The summed E-state index contributed by atoms with van der Waals surface area (Å²) >= 11 is 7.36. The van der Waals surface area contributed by atoms with Gasteiger partial charge < -0.3 is 10.2 Å². The zero-order valence-corrected chi connectivity index (χ0v) is 14.4. The summed E-state index contributed by atoms with van der Waals surface area (Å²) in [4.78, 5) is 15.5. The summed E-state index contributed by atoms with van der Waals surface area (Å²) in [5, 5.41) is 3.68. The molecule has 0 spiro atoms. The lowest BCUT2D eigenvalue weighted by atomic mass is 10.2. The molecule has 0 radical (unpaired) electrons. The van der Waals surface area contributed by atoms with Gasteiger partial charge in [0.25, 0.3) is 0 Å². The topological polar surface area (TPSA) is 32.3 Å². The number of nitrogens with zero attached hydrogens (tertiary/aromatic N) is 1. The summed E-state index contributed by atoms with van der Waals surface area (Å²) in [7, 11) is 0. The highest BCUT2D eigenvalue weighted by molar-refractivity contribution is 8.00. The van der Waals surface area contributed by atoms with E-state index in [0.29, 0.717) is 10.8 Å². The first-order valence-electron chi connectivity index (χ1n) is 7.74. The lowest BCUT2D eigenvalue weighted by Crippen LogP contribution is -2.18. The summed E-state index contributed by atoms with van der Waals surface area (Å²) < 4.78 is 0. The lowest BCUT2D eigenvalue weighted by Gasteiger charge is -2.18. The van der Waals surface area contributed by atoms with Crippen molar-refractivity contribution < 1.29 is 4.79 Å². The highest BCUT2D eigenvalue weighted by Crippen LogP contribution is 2.24. The molecule has 1 aliphatic rings. The number of carbonyl (C=O) groups is 1. The van der Waals surface area contributed by atoms with Crippen LogP contribution in [0.1, 0.15) is 12.8 Å². The molecule has 1 saturated heterocycles. The Bertz CT molecular complexity index is 669. The Morgan fingerprint density at radius 3 is 2.61 bits per heavy atom. The molecular weight excluding hydrogens is 328 g/mol. The van der Waals surface area contributed by atoms with Crippen LogP contribution >= 0.6 is 23.4 Å². The van der Waals surface area contributed by atoms with Crippen LogP contribution in [-0.2, 0) is 4.79 Å².